The van der Waals surface area contributed by atoms with E-state index in [2.05, 4.69) is 10.4 Å². The third kappa shape index (κ3) is 4.47. The lowest BCUT2D eigenvalue weighted by atomic mass is 10.2. The summed E-state index contributed by atoms with van der Waals surface area (Å²) >= 11 is 0. The standard InChI is InChI=1S/C12H17N3O5/c1-2-7-15-10(17)4-3-8(14-15)11(18)13-6-5-9(16)12(19)20/h3-4,9,16H,2,5-7H2,1H3,(H,13,18)(H,19,20). The molecule has 0 aliphatic carbocycles. The lowest BCUT2D eigenvalue weighted by molar-refractivity contribution is -0.146. The molecular formula is C12H17N3O5. The van der Waals surface area contributed by atoms with Crippen LogP contribution < -0.4 is 10.9 Å². The van der Waals surface area contributed by atoms with E-state index in [1.807, 2.05) is 6.92 Å². The van der Waals surface area contributed by atoms with E-state index in [4.69, 9.17) is 10.2 Å². The first-order chi connectivity index (χ1) is 9.45. The number of aromatic nitrogens is 2. The van der Waals surface area contributed by atoms with E-state index < -0.39 is 18.0 Å². The zero-order valence-electron chi connectivity index (χ0n) is 11.1. The van der Waals surface area contributed by atoms with Crippen molar-refractivity contribution in [3.8, 4) is 0 Å². The van der Waals surface area contributed by atoms with Crippen LogP contribution in [0.1, 0.15) is 30.3 Å². The molecule has 0 saturated heterocycles. The smallest absolute Gasteiger partial charge is 0.332 e. The van der Waals surface area contributed by atoms with Crippen LogP contribution in [0.25, 0.3) is 0 Å². The highest BCUT2D eigenvalue weighted by atomic mass is 16.4. The van der Waals surface area contributed by atoms with Gasteiger partial charge in [0.05, 0.1) is 0 Å². The number of hydrogen-bond donors (Lipinski definition) is 3. The van der Waals surface area contributed by atoms with Gasteiger partial charge in [-0.3, -0.25) is 9.59 Å². The first-order valence-corrected chi connectivity index (χ1v) is 6.23. The van der Waals surface area contributed by atoms with E-state index >= 15 is 0 Å². The molecule has 8 nitrogen and oxygen atoms in total. The van der Waals surface area contributed by atoms with Gasteiger partial charge in [-0.2, -0.15) is 5.10 Å². The van der Waals surface area contributed by atoms with Gasteiger partial charge in [0.1, 0.15) is 5.69 Å². The zero-order valence-corrected chi connectivity index (χ0v) is 11.1. The summed E-state index contributed by atoms with van der Waals surface area (Å²) in [5, 5.41) is 23.9. The molecule has 0 aliphatic heterocycles. The normalized spacial score (nSPS) is 11.9. The Bertz CT molecular complexity index is 540. The maximum Gasteiger partial charge on any atom is 0.332 e. The fraction of sp³-hybridized carbons (Fsp3) is 0.500. The number of aryl methyl sites for hydroxylation is 1. The largest absolute Gasteiger partial charge is 0.479 e. The molecule has 0 fully saturated rings. The number of rotatable bonds is 7. The van der Waals surface area contributed by atoms with Gasteiger partial charge in [-0.1, -0.05) is 6.92 Å². The molecule has 3 N–H and O–H groups in total. The lowest BCUT2D eigenvalue weighted by Gasteiger charge is -2.08. The van der Waals surface area contributed by atoms with Crippen molar-refractivity contribution in [1.82, 2.24) is 15.1 Å². The number of carbonyl (C=O) groups excluding carboxylic acids is 1. The maximum atomic E-state index is 11.7. The molecule has 0 spiro atoms. The summed E-state index contributed by atoms with van der Waals surface area (Å²) in [4.78, 5) is 33.6. The van der Waals surface area contributed by atoms with Crippen molar-refractivity contribution >= 4 is 11.9 Å². The molecule has 1 aromatic rings. The van der Waals surface area contributed by atoms with Crippen LogP contribution in [0.4, 0.5) is 0 Å². The predicted molar refractivity (Wildman–Crippen MR) is 69.4 cm³/mol. The molecule has 1 heterocycles. The van der Waals surface area contributed by atoms with Crippen LogP contribution >= 0.6 is 0 Å². The average Bonchev–Trinajstić information content (AvgIpc) is 2.41. The third-order valence-electron chi connectivity index (χ3n) is 2.52. The first-order valence-electron chi connectivity index (χ1n) is 6.23. The van der Waals surface area contributed by atoms with Crippen LogP contribution in [0, 0.1) is 0 Å². The van der Waals surface area contributed by atoms with Crippen LogP contribution in [-0.4, -0.2) is 44.5 Å². The monoisotopic (exact) mass is 283 g/mol. The highest BCUT2D eigenvalue weighted by Crippen LogP contribution is 1.94. The number of carboxylic acids is 1. The van der Waals surface area contributed by atoms with Gasteiger partial charge in [0.25, 0.3) is 11.5 Å². The molecule has 0 saturated carbocycles. The lowest BCUT2D eigenvalue weighted by Crippen LogP contribution is -2.32. The molecule has 110 valence electrons. The molecule has 1 atom stereocenters. The number of aliphatic carboxylic acids is 1. The Kier molecular flexibility index (Phi) is 5.85. The molecule has 0 aliphatic rings. The van der Waals surface area contributed by atoms with Gasteiger partial charge in [-0.25, -0.2) is 9.48 Å². The predicted octanol–water partition coefficient (Wildman–Crippen LogP) is -0.781. The van der Waals surface area contributed by atoms with Crippen LogP contribution in [-0.2, 0) is 11.3 Å². The van der Waals surface area contributed by atoms with E-state index in [0.717, 1.165) is 0 Å². The molecule has 0 aromatic carbocycles. The topological polar surface area (TPSA) is 122 Å². The van der Waals surface area contributed by atoms with Crippen LogP contribution in [0.5, 0.6) is 0 Å². The van der Waals surface area contributed by atoms with Gasteiger partial charge >= 0.3 is 5.97 Å². The molecule has 8 heteroatoms. The van der Waals surface area contributed by atoms with Crippen LogP contribution in [0.15, 0.2) is 16.9 Å². The number of hydrogen-bond acceptors (Lipinski definition) is 5. The quantitative estimate of drug-likeness (QED) is 0.603. The minimum atomic E-state index is -1.52. The number of aliphatic hydroxyl groups excluding tert-OH is 1. The van der Waals surface area contributed by atoms with Crippen molar-refractivity contribution in [2.75, 3.05) is 6.54 Å². The minimum Gasteiger partial charge on any atom is -0.479 e. The number of nitrogens with zero attached hydrogens (tertiary/aromatic N) is 2. The van der Waals surface area contributed by atoms with E-state index in [0.29, 0.717) is 13.0 Å². The van der Waals surface area contributed by atoms with Crippen molar-refractivity contribution in [3.05, 3.63) is 28.2 Å². The Hall–Kier alpha value is -2.22. The van der Waals surface area contributed by atoms with Gasteiger partial charge in [0, 0.05) is 25.6 Å². The zero-order chi connectivity index (χ0) is 15.1. The molecule has 0 radical (unpaired) electrons. The third-order valence-corrected chi connectivity index (χ3v) is 2.52. The maximum absolute atomic E-state index is 11.7. The van der Waals surface area contributed by atoms with Crippen molar-refractivity contribution in [1.29, 1.82) is 0 Å². The minimum absolute atomic E-state index is 0.000877. The van der Waals surface area contributed by atoms with Gasteiger partial charge in [-0.15, -0.1) is 0 Å². The fourth-order valence-electron chi connectivity index (χ4n) is 1.48. The van der Waals surface area contributed by atoms with Crippen molar-refractivity contribution in [3.63, 3.8) is 0 Å². The Balaban J connectivity index is 2.61. The molecule has 0 bridgehead atoms. The van der Waals surface area contributed by atoms with Crippen molar-refractivity contribution in [2.45, 2.75) is 32.4 Å². The highest BCUT2D eigenvalue weighted by molar-refractivity contribution is 5.92. The summed E-state index contributed by atoms with van der Waals surface area (Å²) in [6.07, 6.45) is -0.907. The fourth-order valence-corrected chi connectivity index (χ4v) is 1.48. The van der Waals surface area contributed by atoms with Crippen molar-refractivity contribution < 1.29 is 19.8 Å². The second kappa shape index (κ2) is 7.39. The SMILES string of the molecule is CCCn1nc(C(=O)NCCC(O)C(=O)O)ccc1=O. The summed E-state index contributed by atoms with van der Waals surface area (Å²) in [6.45, 7) is 2.30. The number of nitrogens with one attached hydrogen (secondary N) is 1. The summed E-state index contributed by atoms with van der Waals surface area (Å²) in [5.41, 5.74) is -0.215. The highest BCUT2D eigenvalue weighted by Gasteiger charge is 2.14. The van der Waals surface area contributed by atoms with Gasteiger partial charge in [0.15, 0.2) is 6.10 Å². The van der Waals surface area contributed by atoms with Gasteiger partial charge in [0.2, 0.25) is 0 Å². The number of amides is 1. The van der Waals surface area contributed by atoms with E-state index in [1.54, 1.807) is 0 Å². The second-order valence-corrected chi connectivity index (χ2v) is 4.18. The van der Waals surface area contributed by atoms with Crippen LogP contribution in [0.2, 0.25) is 0 Å². The van der Waals surface area contributed by atoms with E-state index in [9.17, 15) is 14.4 Å². The average molecular weight is 283 g/mol. The number of carbonyl (C=O) groups is 2. The Morgan fingerprint density at radius 2 is 2.15 bits per heavy atom. The summed E-state index contributed by atoms with van der Waals surface area (Å²) < 4.78 is 1.20. The number of aliphatic hydroxyl groups is 1. The van der Waals surface area contributed by atoms with Gasteiger partial charge in [-0.05, 0) is 12.5 Å². The Morgan fingerprint density at radius 1 is 1.45 bits per heavy atom. The van der Waals surface area contributed by atoms with Gasteiger partial charge < -0.3 is 15.5 Å². The summed E-state index contributed by atoms with van der Waals surface area (Å²) in [6, 6.07) is 2.56. The molecule has 1 unspecified atom stereocenters. The molecule has 1 rings (SSSR count). The summed E-state index contributed by atoms with van der Waals surface area (Å²) in [5.74, 6) is -1.86. The van der Waals surface area contributed by atoms with E-state index in [-0.39, 0.29) is 24.2 Å². The molecule has 20 heavy (non-hydrogen) atoms. The van der Waals surface area contributed by atoms with Crippen LogP contribution in [0.3, 0.4) is 0 Å². The molecule has 1 amide bonds. The first kappa shape index (κ1) is 15.8. The second-order valence-electron chi connectivity index (χ2n) is 4.18. The molecular weight excluding hydrogens is 266 g/mol. The Morgan fingerprint density at radius 3 is 2.75 bits per heavy atom. The Labute approximate surface area is 115 Å². The number of carboxylic acid groups (broad SMARTS) is 1. The summed E-state index contributed by atoms with van der Waals surface area (Å²) in [7, 11) is 0. The molecule has 1 aromatic heterocycles. The van der Waals surface area contributed by atoms with E-state index in [1.165, 1.54) is 16.8 Å². The van der Waals surface area contributed by atoms with Crippen molar-refractivity contribution in [2.24, 2.45) is 0 Å².